The van der Waals surface area contributed by atoms with Crippen LogP contribution in [-0.4, -0.2) is 21.6 Å². The van der Waals surface area contributed by atoms with E-state index in [2.05, 4.69) is 22.7 Å². The molecule has 0 bridgehead atoms. The van der Waals surface area contributed by atoms with E-state index in [4.69, 9.17) is 0 Å². The highest BCUT2D eigenvalue weighted by molar-refractivity contribution is 7.11. The summed E-state index contributed by atoms with van der Waals surface area (Å²) in [4.78, 5) is 0. The van der Waals surface area contributed by atoms with Crippen molar-refractivity contribution in [2.24, 2.45) is 5.92 Å². The molecule has 0 atom stereocenters. The van der Waals surface area contributed by atoms with E-state index in [0.717, 1.165) is 29.3 Å². The van der Waals surface area contributed by atoms with E-state index in [0.29, 0.717) is 0 Å². The summed E-state index contributed by atoms with van der Waals surface area (Å²) >= 11 is 1.50. The van der Waals surface area contributed by atoms with Gasteiger partial charge < -0.3 is 10.4 Å². The second kappa shape index (κ2) is 5.10. The molecule has 3 nitrogen and oxygen atoms in total. The van der Waals surface area contributed by atoms with Crippen LogP contribution in [0.3, 0.4) is 0 Å². The summed E-state index contributed by atoms with van der Waals surface area (Å²) in [5.74, 6) is 0.777. The van der Waals surface area contributed by atoms with Crippen LogP contribution < -0.4 is 5.32 Å². The Morgan fingerprint density at radius 2 is 2.11 bits per heavy atom. The Morgan fingerprint density at radius 3 is 2.84 bits per heavy atom. The molecule has 0 unspecified atom stereocenters. The van der Waals surface area contributed by atoms with Crippen molar-refractivity contribution in [3.05, 3.63) is 24.3 Å². The van der Waals surface area contributed by atoms with E-state index in [1.807, 2.05) is 18.2 Å². The first-order chi connectivity index (χ1) is 9.22. The normalized spacial score (nSPS) is 27.6. The van der Waals surface area contributed by atoms with Crippen molar-refractivity contribution in [3.8, 4) is 0 Å². The smallest absolute Gasteiger partial charge is 0.117 e. The van der Waals surface area contributed by atoms with E-state index in [1.165, 1.54) is 29.8 Å². The number of hydrogen-bond acceptors (Lipinski definition) is 4. The number of aromatic nitrogens is 1. The van der Waals surface area contributed by atoms with Crippen LogP contribution in [0.1, 0.15) is 32.6 Å². The van der Waals surface area contributed by atoms with Crippen molar-refractivity contribution in [1.82, 2.24) is 4.37 Å². The average molecular weight is 276 g/mol. The van der Waals surface area contributed by atoms with E-state index in [1.54, 1.807) is 0 Å². The number of anilines is 1. The van der Waals surface area contributed by atoms with Gasteiger partial charge in [0.1, 0.15) is 5.00 Å². The van der Waals surface area contributed by atoms with E-state index >= 15 is 0 Å². The molecule has 3 rings (SSSR count). The zero-order valence-electron chi connectivity index (χ0n) is 11.2. The van der Waals surface area contributed by atoms with Gasteiger partial charge in [-0.05, 0) is 55.3 Å². The third-order valence-corrected chi connectivity index (χ3v) is 5.09. The summed E-state index contributed by atoms with van der Waals surface area (Å²) < 4.78 is 4.46. The van der Waals surface area contributed by atoms with E-state index in [9.17, 15) is 5.11 Å². The predicted octanol–water partition coefficient (Wildman–Crippen LogP) is 3.65. The number of fused-ring (bicyclic) bond motifs is 1. The van der Waals surface area contributed by atoms with Crippen LogP contribution >= 0.6 is 11.5 Å². The highest BCUT2D eigenvalue weighted by Gasteiger charge is 2.34. The lowest BCUT2D eigenvalue weighted by Gasteiger charge is -2.39. The average Bonchev–Trinajstić information content (AvgIpc) is 2.85. The third-order valence-electron chi connectivity index (χ3n) is 4.30. The van der Waals surface area contributed by atoms with Gasteiger partial charge in [-0.2, -0.15) is 4.37 Å². The highest BCUT2D eigenvalue weighted by atomic mass is 32.1. The van der Waals surface area contributed by atoms with Gasteiger partial charge in [0, 0.05) is 5.39 Å². The first-order valence-corrected chi connectivity index (χ1v) is 7.73. The minimum atomic E-state index is -0.151. The minimum absolute atomic E-state index is 0.151. The Labute approximate surface area is 117 Å². The van der Waals surface area contributed by atoms with Crippen molar-refractivity contribution in [2.75, 3.05) is 11.9 Å². The van der Waals surface area contributed by atoms with Gasteiger partial charge in [0.15, 0.2) is 0 Å². The molecule has 19 heavy (non-hydrogen) atoms. The largest absolute Gasteiger partial charge is 0.394 e. The molecule has 2 aromatic rings. The van der Waals surface area contributed by atoms with Gasteiger partial charge in [-0.15, -0.1) is 0 Å². The molecular formula is C15H20N2OS. The van der Waals surface area contributed by atoms with Gasteiger partial charge in [-0.25, -0.2) is 0 Å². The fraction of sp³-hybridized carbons (Fsp3) is 0.533. The molecule has 0 spiro atoms. The van der Waals surface area contributed by atoms with Crippen LogP contribution in [0.4, 0.5) is 5.00 Å². The van der Waals surface area contributed by atoms with E-state index in [-0.39, 0.29) is 12.1 Å². The molecule has 0 saturated heterocycles. The Balaban J connectivity index is 1.86. The van der Waals surface area contributed by atoms with Crippen molar-refractivity contribution in [3.63, 3.8) is 0 Å². The highest BCUT2D eigenvalue weighted by Crippen LogP contribution is 2.37. The molecule has 1 aromatic heterocycles. The Morgan fingerprint density at radius 1 is 1.37 bits per heavy atom. The first-order valence-electron chi connectivity index (χ1n) is 6.96. The number of benzene rings is 1. The number of hydrogen-bond donors (Lipinski definition) is 2. The number of nitrogens with one attached hydrogen (secondary N) is 1. The van der Waals surface area contributed by atoms with Crippen LogP contribution in [0.15, 0.2) is 24.3 Å². The van der Waals surface area contributed by atoms with Crippen LogP contribution in [0.5, 0.6) is 0 Å². The number of aliphatic hydroxyl groups excluding tert-OH is 1. The lowest BCUT2D eigenvalue weighted by molar-refractivity contribution is 0.155. The van der Waals surface area contributed by atoms with Crippen molar-refractivity contribution < 1.29 is 5.11 Å². The predicted molar refractivity (Wildman–Crippen MR) is 80.7 cm³/mol. The molecule has 1 saturated carbocycles. The maximum atomic E-state index is 9.82. The fourth-order valence-corrected chi connectivity index (χ4v) is 3.74. The van der Waals surface area contributed by atoms with Gasteiger partial charge >= 0.3 is 0 Å². The summed E-state index contributed by atoms with van der Waals surface area (Å²) in [6.07, 6.45) is 4.45. The van der Waals surface area contributed by atoms with Gasteiger partial charge in [0.25, 0.3) is 0 Å². The number of nitrogens with zero attached hydrogens (tertiary/aromatic N) is 1. The lowest BCUT2D eigenvalue weighted by Crippen LogP contribution is -2.44. The SMILES string of the molecule is CC1CCC(CO)(Nc2snc3ccccc23)CC1. The lowest BCUT2D eigenvalue weighted by atomic mass is 9.77. The molecule has 0 radical (unpaired) electrons. The zero-order chi connectivity index (χ0) is 13.3. The zero-order valence-corrected chi connectivity index (χ0v) is 12.0. The quantitative estimate of drug-likeness (QED) is 0.899. The molecule has 1 aliphatic carbocycles. The van der Waals surface area contributed by atoms with Crippen LogP contribution in [0.2, 0.25) is 0 Å². The maximum absolute atomic E-state index is 9.82. The van der Waals surface area contributed by atoms with Crippen LogP contribution in [0.25, 0.3) is 10.9 Å². The summed E-state index contributed by atoms with van der Waals surface area (Å²) in [5, 5.41) is 15.7. The molecule has 1 heterocycles. The second-order valence-electron chi connectivity index (χ2n) is 5.77. The van der Waals surface area contributed by atoms with Crippen LogP contribution in [0, 0.1) is 5.92 Å². The fourth-order valence-electron chi connectivity index (χ4n) is 2.86. The topological polar surface area (TPSA) is 45.1 Å². The van der Waals surface area contributed by atoms with Crippen LogP contribution in [-0.2, 0) is 0 Å². The molecular weight excluding hydrogens is 256 g/mol. The molecule has 102 valence electrons. The van der Waals surface area contributed by atoms with Gasteiger partial charge in [-0.3, -0.25) is 0 Å². The Kier molecular flexibility index (Phi) is 3.46. The molecule has 1 aliphatic rings. The van der Waals surface area contributed by atoms with Gasteiger partial charge in [-0.1, -0.05) is 19.1 Å². The van der Waals surface area contributed by atoms with Crippen molar-refractivity contribution in [2.45, 2.75) is 38.1 Å². The summed E-state index contributed by atoms with van der Waals surface area (Å²) in [5.41, 5.74) is 0.884. The van der Waals surface area contributed by atoms with Crippen molar-refractivity contribution >= 4 is 27.4 Å². The molecule has 4 heteroatoms. The summed E-state index contributed by atoms with van der Waals surface area (Å²) in [6, 6.07) is 8.18. The Bertz CT molecular complexity index is 558. The first kappa shape index (κ1) is 12.9. The summed E-state index contributed by atoms with van der Waals surface area (Å²) in [6.45, 7) is 2.50. The van der Waals surface area contributed by atoms with Gasteiger partial charge in [0.2, 0.25) is 0 Å². The summed E-state index contributed by atoms with van der Waals surface area (Å²) in [7, 11) is 0. The molecule has 1 fully saturated rings. The van der Waals surface area contributed by atoms with Gasteiger partial charge in [0.05, 0.1) is 17.7 Å². The molecule has 2 N–H and O–H groups in total. The second-order valence-corrected chi connectivity index (χ2v) is 6.55. The Hall–Kier alpha value is -1.13. The van der Waals surface area contributed by atoms with E-state index < -0.39 is 0 Å². The third kappa shape index (κ3) is 2.47. The minimum Gasteiger partial charge on any atom is -0.394 e. The number of rotatable bonds is 3. The maximum Gasteiger partial charge on any atom is 0.117 e. The standard InChI is InChI=1S/C15H20N2OS/c1-11-6-8-15(10-18,9-7-11)16-14-12-4-2-3-5-13(12)17-19-14/h2-5,11,16,18H,6-10H2,1H3. The number of aliphatic hydroxyl groups is 1. The molecule has 0 aliphatic heterocycles. The van der Waals surface area contributed by atoms with Crippen molar-refractivity contribution in [1.29, 1.82) is 0 Å². The molecule has 0 amide bonds. The monoisotopic (exact) mass is 276 g/mol. The molecule has 1 aromatic carbocycles.